The zero-order chi connectivity index (χ0) is 14.6. The van der Waals surface area contributed by atoms with Crippen molar-refractivity contribution in [2.75, 3.05) is 0 Å². The van der Waals surface area contributed by atoms with Crippen LogP contribution in [0.2, 0.25) is 0 Å². The molecule has 0 radical (unpaired) electrons. The standard InChI is InChI=1S/C15H15NO3S/c1-3-13-8-10-15(11-9-13)20(17,18)19-16-12(2)14-6-4-5-7-14/h3-11,14H,1H2,2H3/b16-12+. The van der Waals surface area contributed by atoms with Crippen molar-refractivity contribution in [2.24, 2.45) is 11.1 Å². The Kier molecular flexibility index (Phi) is 4.20. The Morgan fingerprint density at radius 1 is 1.25 bits per heavy atom. The fourth-order valence-electron chi connectivity index (χ4n) is 1.69. The Labute approximate surface area is 118 Å². The molecule has 1 aromatic rings. The summed E-state index contributed by atoms with van der Waals surface area (Å²) in [7, 11) is -3.88. The molecule has 0 atom stereocenters. The van der Waals surface area contributed by atoms with Gasteiger partial charge in [0.15, 0.2) is 0 Å². The number of hydrogen-bond donors (Lipinski definition) is 0. The normalized spacial score (nSPS) is 15.6. The van der Waals surface area contributed by atoms with Gasteiger partial charge in [-0.15, -0.1) is 0 Å². The van der Waals surface area contributed by atoms with Crippen molar-refractivity contribution >= 4 is 21.9 Å². The second-order valence-electron chi connectivity index (χ2n) is 4.33. The SMILES string of the molecule is C=Cc1ccc(S(=O)(=O)O/N=C(\C)C2C=CC=C2)cc1. The average Bonchev–Trinajstić information content (AvgIpc) is 2.99. The minimum atomic E-state index is -3.88. The molecule has 0 unspecified atom stereocenters. The number of allylic oxidation sites excluding steroid dienone is 4. The molecule has 1 aliphatic rings. The van der Waals surface area contributed by atoms with Gasteiger partial charge in [0.05, 0.1) is 5.71 Å². The number of nitrogens with zero attached hydrogens (tertiary/aromatic N) is 1. The van der Waals surface area contributed by atoms with Crippen LogP contribution in [0.1, 0.15) is 12.5 Å². The maximum atomic E-state index is 12.0. The van der Waals surface area contributed by atoms with E-state index in [2.05, 4.69) is 11.7 Å². The largest absolute Gasteiger partial charge is 0.358 e. The van der Waals surface area contributed by atoms with Crippen LogP contribution >= 0.6 is 0 Å². The lowest BCUT2D eigenvalue weighted by molar-refractivity contribution is 0.337. The Morgan fingerprint density at radius 2 is 1.85 bits per heavy atom. The van der Waals surface area contributed by atoms with Gasteiger partial charge in [-0.3, -0.25) is 4.28 Å². The van der Waals surface area contributed by atoms with Crippen LogP contribution in [0.25, 0.3) is 6.08 Å². The van der Waals surface area contributed by atoms with Crippen LogP contribution < -0.4 is 0 Å². The fourth-order valence-corrected chi connectivity index (χ4v) is 2.46. The van der Waals surface area contributed by atoms with Crippen molar-refractivity contribution in [3.05, 3.63) is 60.7 Å². The summed E-state index contributed by atoms with van der Waals surface area (Å²) in [5, 5.41) is 3.70. The molecule has 0 heterocycles. The van der Waals surface area contributed by atoms with Gasteiger partial charge in [0.2, 0.25) is 0 Å². The molecule has 0 aromatic heterocycles. The highest BCUT2D eigenvalue weighted by atomic mass is 32.2. The summed E-state index contributed by atoms with van der Waals surface area (Å²) in [5.41, 5.74) is 1.42. The van der Waals surface area contributed by atoms with Crippen molar-refractivity contribution in [2.45, 2.75) is 11.8 Å². The van der Waals surface area contributed by atoms with Crippen LogP contribution in [-0.4, -0.2) is 14.1 Å². The summed E-state index contributed by atoms with van der Waals surface area (Å²) in [5.74, 6) is -0.00617. The molecule has 5 heteroatoms. The molecule has 2 rings (SSSR count). The van der Waals surface area contributed by atoms with E-state index in [9.17, 15) is 8.42 Å². The maximum absolute atomic E-state index is 12.0. The molecule has 1 aliphatic carbocycles. The Bertz CT molecular complexity index is 670. The van der Waals surface area contributed by atoms with Gasteiger partial charge in [0.1, 0.15) is 4.90 Å². The van der Waals surface area contributed by atoms with E-state index < -0.39 is 10.1 Å². The van der Waals surface area contributed by atoms with Crippen molar-refractivity contribution in [3.63, 3.8) is 0 Å². The molecule has 0 saturated carbocycles. The predicted octanol–water partition coefficient (Wildman–Crippen LogP) is 3.15. The van der Waals surface area contributed by atoms with Gasteiger partial charge in [-0.05, 0) is 24.6 Å². The Morgan fingerprint density at radius 3 is 2.40 bits per heavy atom. The molecule has 0 aliphatic heterocycles. The number of rotatable bonds is 5. The first-order chi connectivity index (χ1) is 9.53. The van der Waals surface area contributed by atoms with Crippen molar-refractivity contribution in [1.29, 1.82) is 0 Å². The summed E-state index contributed by atoms with van der Waals surface area (Å²) in [4.78, 5) is 0.0668. The van der Waals surface area contributed by atoms with Crippen molar-refractivity contribution in [1.82, 2.24) is 0 Å². The van der Waals surface area contributed by atoms with Crippen LogP contribution in [0, 0.1) is 5.92 Å². The molecule has 0 N–H and O–H groups in total. The Hall–Kier alpha value is -2.14. The van der Waals surface area contributed by atoms with Gasteiger partial charge in [0.25, 0.3) is 0 Å². The van der Waals surface area contributed by atoms with Crippen LogP contribution in [0.5, 0.6) is 0 Å². The Balaban J connectivity index is 2.14. The third-order valence-electron chi connectivity index (χ3n) is 2.91. The summed E-state index contributed by atoms with van der Waals surface area (Å²) in [6.45, 7) is 5.33. The number of hydrogen-bond acceptors (Lipinski definition) is 4. The average molecular weight is 289 g/mol. The maximum Gasteiger partial charge on any atom is 0.358 e. The summed E-state index contributed by atoms with van der Waals surface area (Å²) in [6.07, 6.45) is 9.22. The highest BCUT2D eigenvalue weighted by Gasteiger charge is 2.16. The minimum Gasteiger partial charge on any atom is -0.265 e. The lowest BCUT2D eigenvalue weighted by Gasteiger charge is -2.06. The molecule has 4 nitrogen and oxygen atoms in total. The fraction of sp³-hybridized carbons (Fsp3) is 0.133. The van der Waals surface area contributed by atoms with Gasteiger partial charge in [0, 0.05) is 5.92 Å². The number of oxime groups is 1. The van der Waals surface area contributed by atoms with E-state index in [-0.39, 0.29) is 10.8 Å². The summed E-state index contributed by atoms with van der Waals surface area (Å²) >= 11 is 0. The van der Waals surface area contributed by atoms with Crippen LogP contribution in [0.15, 0.2) is 65.2 Å². The number of benzene rings is 1. The van der Waals surface area contributed by atoms with E-state index in [0.29, 0.717) is 5.71 Å². The van der Waals surface area contributed by atoms with Crippen molar-refractivity contribution < 1.29 is 12.7 Å². The third kappa shape index (κ3) is 3.24. The first kappa shape index (κ1) is 14.3. The van der Waals surface area contributed by atoms with Crippen molar-refractivity contribution in [3.8, 4) is 0 Å². The van der Waals surface area contributed by atoms with E-state index in [1.807, 2.05) is 24.3 Å². The predicted molar refractivity (Wildman–Crippen MR) is 79.7 cm³/mol. The highest BCUT2D eigenvalue weighted by molar-refractivity contribution is 7.86. The van der Waals surface area contributed by atoms with Gasteiger partial charge >= 0.3 is 10.1 Å². The minimum absolute atomic E-state index is 0.00617. The lowest BCUT2D eigenvalue weighted by atomic mass is 10.1. The molecule has 1 aromatic carbocycles. The lowest BCUT2D eigenvalue weighted by Crippen LogP contribution is -2.08. The quantitative estimate of drug-likeness (QED) is 0.618. The molecular weight excluding hydrogens is 274 g/mol. The highest BCUT2D eigenvalue weighted by Crippen LogP contribution is 2.16. The molecule has 0 spiro atoms. The molecule has 0 bridgehead atoms. The van der Waals surface area contributed by atoms with Crippen LogP contribution in [-0.2, 0) is 14.4 Å². The third-order valence-corrected chi connectivity index (χ3v) is 4.03. The van der Waals surface area contributed by atoms with E-state index >= 15 is 0 Å². The van der Waals surface area contributed by atoms with E-state index in [1.54, 1.807) is 25.1 Å². The second-order valence-corrected chi connectivity index (χ2v) is 5.86. The smallest absolute Gasteiger partial charge is 0.265 e. The zero-order valence-electron chi connectivity index (χ0n) is 11.1. The van der Waals surface area contributed by atoms with Gasteiger partial charge < -0.3 is 0 Å². The zero-order valence-corrected chi connectivity index (χ0v) is 11.9. The van der Waals surface area contributed by atoms with Gasteiger partial charge in [-0.25, -0.2) is 0 Å². The molecular formula is C15H15NO3S. The van der Waals surface area contributed by atoms with Crippen LogP contribution in [0.3, 0.4) is 0 Å². The molecule has 0 amide bonds. The molecule has 20 heavy (non-hydrogen) atoms. The van der Waals surface area contributed by atoms with Crippen LogP contribution in [0.4, 0.5) is 0 Å². The van der Waals surface area contributed by atoms with Gasteiger partial charge in [-0.1, -0.05) is 54.2 Å². The monoisotopic (exact) mass is 289 g/mol. The molecule has 0 saturated heterocycles. The van der Waals surface area contributed by atoms with E-state index in [4.69, 9.17) is 4.28 Å². The first-order valence-electron chi connectivity index (χ1n) is 6.08. The molecule has 104 valence electrons. The summed E-state index contributed by atoms with van der Waals surface area (Å²) < 4.78 is 28.6. The topological polar surface area (TPSA) is 55.7 Å². The van der Waals surface area contributed by atoms with Gasteiger partial charge in [-0.2, -0.15) is 8.42 Å². The molecule has 0 fully saturated rings. The first-order valence-corrected chi connectivity index (χ1v) is 7.49. The van der Waals surface area contributed by atoms with E-state index in [0.717, 1.165) is 5.56 Å². The summed E-state index contributed by atoms with van der Waals surface area (Å²) in [6, 6.07) is 6.24. The second kappa shape index (κ2) is 5.88. The van der Waals surface area contributed by atoms with E-state index in [1.165, 1.54) is 12.1 Å².